The smallest absolute Gasteiger partial charge is 0.271 e. The standard InChI is InChI=1S/C17H26N2O2/c1-5-13(18)11-19-14-9-8-12(4)10-15(14)21-17(6-2,7-3)16(19)20/h8-10,13H,5-7,11,18H2,1-4H3. The van der Waals surface area contributed by atoms with Crippen molar-refractivity contribution in [3.05, 3.63) is 23.8 Å². The van der Waals surface area contributed by atoms with Crippen molar-refractivity contribution >= 4 is 11.6 Å². The van der Waals surface area contributed by atoms with Gasteiger partial charge in [0, 0.05) is 12.6 Å². The van der Waals surface area contributed by atoms with Crippen LogP contribution in [0, 0.1) is 6.92 Å². The van der Waals surface area contributed by atoms with Crippen LogP contribution in [0.15, 0.2) is 18.2 Å². The summed E-state index contributed by atoms with van der Waals surface area (Å²) in [6, 6.07) is 5.95. The number of carbonyl (C=O) groups is 1. The fourth-order valence-electron chi connectivity index (χ4n) is 2.78. The van der Waals surface area contributed by atoms with E-state index in [2.05, 4.69) is 0 Å². The summed E-state index contributed by atoms with van der Waals surface area (Å²) in [6.07, 6.45) is 2.16. The van der Waals surface area contributed by atoms with E-state index in [-0.39, 0.29) is 11.9 Å². The third-order valence-corrected chi connectivity index (χ3v) is 4.43. The summed E-state index contributed by atoms with van der Waals surface area (Å²) in [5.74, 6) is 0.828. The maximum absolute atomic E-state index is 13.0. The molecule has 0 saturated carbocycles. The molecule has 116 valence electrons. The molecule has 1 aliphatic rings. The van der Waals surface area contributed by atoms with E-state index >= 15 is 0 Å². The van der Waals surface area contributed by atoms with Gasteiger partial charge in [-0.2, -0.15) is 0 Å². The van der Waals surface area contributed by atoms with E-state index in [0.717, 1.165) is 23.4 Å². The number of rotatable bonds is 5. The molecule has 4 heteroatoms. The molecule has 0 aliphatic carbocycles. The van der Waals surface area contributed by atoms with E-state index in [0.29, 0.717) is 19.4 Å². The van der Waals surface area contributed by atoms with Crippen LogP contribution in [-0.2, 0) is 4.79 Å². The van der Waals surface area contributed by atoms with E-state index in [1.54, 1.807) is 0 Å². The number of nitrogens with two attached hydrogens (primary N) is 1. The summed E-state index contributed by atoms with van der Waals surface area (Å²) in [5.41, 5.74) is 7.30. The van der Waals surface area contributed by atoms with Crippen LogP contribution in [0.25, 0.3) is 0 Å². The van der Waals surface area contributed by atoms with Gasteiger partial charge in [0.2, 0.25) is 0 Å². The van der Waals surface area contributed by atoms with E-state index in [4.69, 9.17) is 10.5 Å². The zero-order valence-corrected chi connectivity index (χ0v) is 13.5. The van der Waals surface area contributed by atoms with Gasteiger partial charge in [-0.05, 0) is 43.9 Å². The number of carbonyl (C=O) groups excluding carboxylic acids is 1. The summed E-state index contributed by atoms with van der Waals surface area (Å²) in [7, 11) is 0. The number of aryl methyl sites for hydroxylation is 1. The van der Waals surface area contributed by atoms with Crippen molar-refractivity contribution in [2.45, 2.75) is 58.6 Å². The molecule has 1 atom stereocenters. The summed E-state index contributed by atoms with van der Waals surface area (Å²) in [6.45, 7) is 8.61. The fourth-order valence-corrected chi connectivity index (χ4v) is 2.78. The van der Waals surface area contributed by atoms with E-state index in [1.807, 2.05) is 50.8 Å². The highest BCUT2D eigenvalue weighted by molar-refractivity contribution is 6.03. The van der Waals surface area contributed by atoms with Crippen molar-refractivity contribution in [1.29, 1.82) is 0 Å². The zero-order valence-electron chi connectivity index (χ0n) is 13.5. The Bertz CT molecular complexity index is 524. The largest absolute Gasteiger partial charge is 0.475 e. The Morgan fingerprint density at radius 1 is 1.29 bits per heavy atom. The van der Waals surface area contributed by atoms with Crippen molar-refractivity contribution in [3.8, 4) is 5.75 Å². The van der Waals surface area contributed by atoms with Gasteiger partial charge in [-0.3, -0.25) is 4.79 Å². The Balaban J connectivity index is 2.49. The number of amides is 1. The highest BCUT2D eigenvalue weighted by atomic mass is 16.5. The number of ether oxygens (including phenoxy) is 1. The molecule has 1 aliphatic heterocycles. The lowest BCUT2D eigenvalue weighted by atomic mass is 9.92. The lowest BCUT2D eigenvalue weighted by molar-refractivity contribution is -0.136. The van der Waals surface area contributed by atoms with Gasteiger partial charge < -0.3 is 15.4 Å². The predicted molar refractivity (Wildman–Crippen MR) is 85.7 cm³/mol. The first kappa shape index (κ1) is 15.8. The highest BCUT2D eigenvalue weighted by Crippen LogP contribution is 2.41. The molecule has 0 saturated heterocycles. The first-order chi connectivity index (χ1) is 9.97. The molecule has 21 heavy (non-hydrogen) atoms. The SMILES string of the molecule is CCC(N)CN1C(=O)C(CC)(CC)Oc2cc(C)ccc21. The van der Waals surface area contributed by atoms with E-state index in [9.17, 15) is 4.79 Å². The van der Waals surface area contributed by atoms with E-state index < -0.39 is 5.60 Å². The Morgan fingerprint density at radius 2 is 1.95 bits per heavy atom. The van der Waals surface area contributed by atoms with Crippen molar-refractivity contribution in [2.75, 3.05) is 11.4 Å². The molecule has 1 heterocycles. The number of benzene rings is 1. The monoisotopic (exact) mass is 290 g/mol. The van der Waals surface area contributed by atoms with Crippen molar-refractivity contribution in [1.82, 2.24) is 0 Å². The molecule has 0 aromatic heterocycles. The van der Waals surface area contributed by atoms with Crippen LogP contribution in [0.5, 0.6) is 5.75 Å². The van der Waals surface area contributed by atoms with Crippen LogP contribution >= 0.6 is 0 Å². The highest BCUT2D eigenvalue weighted by Gasteiger charge is 2.45. The molecule has 0 radical (unpaired) electrons. The minimum atomic E-state index is -0.756. The molecule has 2 N–H and O–H groups in total. The number of hydrogen-bond donors (Lipinski definition) is 1. The third-order valence-electron chi connectivity index (χ3n) is 4.43. The normalized spacial score (nSPS) is 18.1. The van der Waals surface area contributed by atoms with Gasteiger partial charge in [0.15, 0.2) is 5.60 Å². The molecule has 0 bridgehead atoms. The van der Waals surface area contributed by atoms with Crippen LogP contribution in [0.3, 0.4) is 0 Å². The Morgan fingerprint density at radius 3 is 2.52 bits per heavy atom. The average molecular weight is 290 g/mol. The minimum Gasteiger partial charge on any atom is -0.475 e. The molecule has 0 fully saturated rings. The predicted octanol–water partition coefficient (Wildman–Crippen LogP) is 3.02. The zero-order chi connectivity index (χ0) is 15.6. The summed E-state index contributed by atoms with van der Waals surface area (Å²) < 4.78 is 6.12. The summed E-state index contributed by atoms with van der Waals surface area (Å²) in [5, 5.41) is 0. The van der Waals surface area contributed by atoms with Gasteiger partial charge in [-0.15, -0.1) is 0 Å². The minimum absolute atomic E-state index is 0.0207. The number of fused-ring (bicyclic) bond motifs is 1. The van der Waals surface area contributed by atoms with Gasteiger partial charge in [-0.1, -0.05) is 26.8 Å². The first-order valence-electron chi connectivity index (χ1n) is 7.84. The molecular formula is C17H26N2O2. The molecule has 1 aromatic rings. The van der Waals surface area contributed by atoms with Crippen LogP contribution < -0.4 is 15.4 Å². The first-order valence-corrected chi connectivity index (χ1v) is 7.84. The van der Waals surface area contributed by atoms with E-state index in [1.165, 1.54) is 0 Å². The van der Waals surface area contributed by atoms with Crippen molar-refractivity contribution in [2.24, 2.45) is 5.73 Å². The number of anilines is 1. The van der Waals surface area contributed by atoms with Crippen molar-refractivity contribution < 1.29 is 9.53 Å². The molecule has 1 amide bonds. The second-order valence-electron chi connectivity index (χ2n) is 5.86. The maximum Gasteiger partial charge on any atom is 0.271 e. The quantitative estimate of drug-likeness (QED) is 0.907. The van der Waals surface area contributed by atoms with Gasteiger partial charge in [0.1, 0.15) is 5.75 Å². The molecule has 1 aromatic carbocycles. The van der Waals surface area contributed by atoms with Gasteiger partial charge in [0.05, 0.1) is 5.69 Å². The Kier molecular flexibility index (Phi) is 4.57. The fraction of sp³-hybridized carbons (Fsp3) is 0.588. The topological polar surface area (TPSA) is 55.6 Å². The van der Waals surface area contributed by atoms with Gasteiger partial charge in [-0.25, -0.2) is 0 Å². The van der Waals surface area contributed by atoms with Gasteiger partial charge in [0.25, 0.3) is 5.91 Å². The maximum atomic E-state index is 13.0. The second kappa shape index (κ2) is 6.06. The molecular weight excluding hydrogens is 264 g/mol. The van der Waals surface area contributed by atoms with Crippen LogP contribution in [0.4, 0.5) is 5.69 Å². The lowest BCUT2D eigenvalue weighted by Crippen LogP contribution is -2.57. The summed E-state index contributed by atoms with van der Waals surface area (Å²) >= 11 is 0. The molecule has 4 nitrogen and oxygen atoms in total. The number of hydrogen-bond acceptors (Lipinski definition) is 3. The Labute approximate surface area is 127 Å². The number of nitrogens with zero attached hydrogens (tertiary/aromatic N) is 1. The Hall–Kier alpha value is -1.55. The van der Waals surface area contributed by atoms with Crippen LogP contribution in [-0.4, -0.2) is 24.1 Å². The molecule has 1 unspecified atom stereocenters. The lowest BCUT2D eigenvalue weighted by Gasteiger charge is -2.42. The third kappa shape index (κ3) is 2.77. The van der Waals surface area contributed by atoms with Crippen LogP contribution in [0.2, 0.25) is 0 Å². The molecule has 2 rings (SSSR count). The second-order valence-corrected chi connectivity index (χ2v) is 5.86. The van der Waals surface area contributed by atoms with Crippen LogP contribution in [0.1, 0.15) is 45.6 Å². The van der Waals surface area contributed by atoms with Gasteiger partial charge >= 0.3 is 0 Å². The average Bonchev–Trinajstić information content (AvgIpc) is 2.49. The molecule has 0 spiro atoms. The van der Waals surface area contributed by atoms with Crippen molar-refractivity contribution in [3.63, 3.8) is 0 Å². The summed E-state index contributed by atoms with van der Waals surface area (Å²) in [4.78, 5) is 14.8.